The van der Waals surface area contributed by atoms with Crippen LogP contribution in [-0.2, 0) is 9.53 Å². The highest BCUT2D eigenvalue weighted by Crippen LogP contribution is 2.09. The standard InChI is InChI=1S/C9H10BrNO3/c1-13-9(12)8(10)6-14-7-3-2-4-11-5-7/h2-5,8H,6H2,1H3. The fourth-order valence-corrected chi connectivity index (χ4v) is 1.12. The second-order valence-electron chi connectivity index (χ2n) is 2.49. The number of rotatable bonds is 4. The van der Waals surface area contributed by atoms with Crippen LogP contribution in [0.1, 0.15) is 0 Å². The maximum Gasteiger partial charge on any atom is 0.322 e. The molecule has 1 atom stereocenters. The zero-order chi connectivity index (χ0) is 10.4. The van der Waals surface area contributed by atoms with Crippen molar-refractivity contribution in [3.63, 3.8) is 0 Å². The molecule has 0 aliphatic carbocycles. The third kappa shape index (κ3) is 3.33. The van der Waals surface area contributed by atoms with E-state index in [0.717, 1.165) is 0 Å². The number of halogens is 1. The van der Waals surface area contributed by atoms with Gasteiger partial charge in [0.2, 0.25) is 0 Å². The number of methoxy groups -OCH3 is 1. The summed E-state index contributed by atoms with van der Waals surface area (Å²) < 4.78 is 9.80. The summed E-state index contributed by atoms with van der Waals surface area (Å²) in [5.41, 5.74) is 0. The first-order chi connectivity index (χ1) is 6.74. The summed E-state index contributed by atoms with van der Waals surface area (Å²) in [4.78, 5) is 14.4. The van der Waals surface area contributed by atoms with E-state index in [9.17, 15) is 4.79 Å². The van der Waals surface area contributed by atoms with Gasteiger partial charge in [-0.3, -0.25) is 9.78 Å². The van der Waals surface area contributed by atoms with Crippen LogP contribution in [0.15, 0.2) is 24.5 Å². The largest absolute Gasteiger partial charge is 0.490 e. The van der Waals surface area contributed by atoms with E-state index in [1.807, 2.05) is 0 Å². The molecule has 1 aromatic heterocycles. The van der Waals surface area contributed by atoms with E-state index >= 15 is 0 Å². The second kappa shape index (κ2) is 5.59. The van der Waals surface area contributed by atoms with Gasteiger partial charge in [-0.2, -0.15) is 0 Å². The summed E-state index contributed by atoms with van der Waals surface area (Å²) in [5, 5.41) is 0. The van der Waals surface area contributed by atoms with Crippen LogP contribution in [0, 0.1) is 0 Å². The molecule has 0 saturated carbocycles. The fraction of sp³-hybridized carbons (Fsp3) is 0.333. The van der Waals surface area contributed by atoms with Crippen molar-refractivity contribution in [3.8, 4) is 5.75 Å². The highest BCUT2D eigenvalue weighted by atomic mass is 79.9. The van der Waals surface area contributed by atoms with Gasteiger partial charge in [0.25, 0.3) is 0 Å². The Morgan fingerprint density at radius 1 is 1.71 bits per heavy atom. The van der Waals surface area contributed by atoms with Crippen molar-refractivity contribution in [3.05, 3.63) is 24.5 Å². The Kier molecular flexibility index (Phi) is 4.39. The van der Waals surface area contributed by atoms with Crippen LogP contribution in [0.3, 0.4) is 0 Å². The first-order valence-electron chi connectivity index (χ1n) is 3.98. The average Bonchev–Trinajstić information content (AvgIpc) is 2.26. The predicted molar refractivity (Wildman–Crippen MR) is 54.5 cm³/mol. The molecule has 5 heteroatoms. The van der Waals surface area contributed by atoms with Gasteiger partial charge in [-0.15, -0.1) is 0 Å². The van der Waals surface area contributed by atoms with Gasteiger partial charge in [-0.1, -0.05) is 15.9 Å². The van der Waals surface area contributed by atoms with Crippen molar-refractivity contribution in [2.45, 2.75) is 4.83 Å². The first kappa shape index (κ1) is 11.0. The molecule has 0 spiro atoms. The highest BCUT2D eigenvalue weighted by molar-refractivity contribution is 9.10. The molecule has 0 aromatic carbocycles. The van der Waals surface area contributed by atoms with Crippen molar-refractivity contribution >= 4 is 21.9 Å². The van der Waals surface area contributed by atoms with Crippen LogP contribution in [0.2, 0.25) is 0 Å². The number of pyridine rings is 1. The Morgan fingerprint density at radius 2 is 2.50 bits per heavy atom. The molecule has 1 unspecified atom stereocenters. The SMILES string of the molecule is COC(=O)C(Br)COc1cccnc1. The van der Waals surface area contributed by atoms with E-state index in [2.05, 4.69) is 25.7 Å². The lowest BCUT2D eigenvalue weighted by molar-refractivity contribution is -0.140. The van der Waals surface area contributed by atoms with Gasteiger partial charge >= 0.3 is 5.97 Å². The van der Waals surface area contributed by atoms with Crippen molar-refractivity contribution in [2.75, 3.05) is 13.7 Å². The lowest BCUT2D eigenvalue weighted by Crippen LogP contribution is -2.22. The maximum absolute atomic E-state index is 11.0. The molecule has 0 bridgehead atoms. The molecule has 4 nitrogen and oxygen atoms in total. The van der Waals surface area contributed by atoms with Crippen LogP contribution in [0.25, 0.3) is 0 Å². The summed E-state index contributed by atoms with van der Waals surface area (Å²) in [6, 6.07) is 3.53. The number of hydrogen-bond acceptors (Lipinski definition) is 4. The number of carbonyl (C=O) groups excluding carboxylic acids is 1. The van der Waals surface area contributed by atoms with E-state index < -0.39 is 4.83 Å². The first-order valence-corrected chi connectivity index (χ1v) is 4.90. The smallest absolute Gasteiger partial charge is 0.322 e. The number of ether oxygens (including phenoxy) is 2. The minimum atomic E-state index is -0.451. The number of nitrogens with zero attached hydrogens (tertiary/aromatic N) is 1. The molecular formula is C9H10BrNO3. The molecule has 0 fully saturated rings. The summed E-state index contributed by atoms with van der Waals surface area (Å²) in [5.74, 6) is 0.273. The van der Waals surface area contributed by atoms with E-state index in [1.165, 1.54) is 7.11 Å². The monoisotopic (exact) mass is 259 g/mol. The zero-order valence-corrected chi connectivity index (χ0v) is 9.23. The van der Waals surface area contributed by atoms with Gasteiger partial charge in [0.05, 0.1) is 13.3 Å². The maximum atomic E-state index is 11.0. The highest BCUT2D eigenvalue weighted by Gasteiger charge is 2.15. The molecule has 1 rings (SSSR count). The Balaban J connectivity index is 2.38. The molecule has 1 heterocycles. The molecule has 14 heavy (non-hydrogen) atoms. The van der Waals surface area contributed by atoms with Crippen molar-refractivity contribution in [1.29, 1.82) is 0 Å². The van der Waals surface area contributed by atoms with Gasteiger partial charge in [-0.25, -0.2) is 0 Å². The van der Waals surface area contributed by atoms with Crippen molar-refractivity contribution < 1.29 is 14.3 Å². The molecule has 0 aliphatic rings. The van der Waals surface area contributed by atoms with Crippen molar-refractivity contribution in [1.82, 2.24) is 4.98 Å². The quantitative estimate of drug-likeness (QED) is 0.606. The van der Waals surface area contributed by atoms with Gasteiger partial charge in [-0.05, 0) is 12.1 Å². The number of aromatic nitrogens is 1. The van der Waals surface area contributed by atoms with Crippen LogP contribution >= 0.6 is 15.9 Å². The normalized spacial score (nSPS) is 11.9. The van der Waals surface area contributed by atoms with Crippen molar-refractivity contribution in [2.24, 2.45) is 0 Å². The average molecular weight is 260 g/mol. The Hall–Kier alpha value is -1.10. The molecule has 0 aliphatic heterocycles. The lowest BCUT2D eigenvalue weighted by Gasteiger charge is -2.08. The van der Waals surface area contributed by atoms with Crippen LogP contribution < -0.4 is 4.74 Å². The summed E-state index contributed by atoms with van der Waals surface area (Å²) >= 11 is 3.14. The second-order valence-corrected chi connectivity index (χ2v) is 3.60. The third-order valence-electron chi connectivity index (χ3n) is 1.49. The molecule has 1 aromatic rings. The van der Waals surface area contributed by atoms with Gasteiger partial charge in [0, 0.05) is 6.20 Å². The van der Waals surface area contributed by atoms with E-state index in [4.69, 9.17) is 4.74 Å². The Morgan fingerprint density at radius 3 is 3.07 bits per heavy atom. The van der Waals surface area contributed by atoms with E-state index in [-0.39, 0.29) is 12.6 Å². The number of alkyl halides is 1. The number of carbonyl (C=O) groups is 1. The van der Waals surface area contributed by atoms with E-state index in [1.54, 1.807) is 24.5 Å². The van der Waals surface area contributed by atoms with Gasteiger partial charge in [0.15, 0.2) is 0 Å². The molecule has 0 radical (unpaired) electrons. The third-order valence-corrected chi connectivity index (χ3v) is 2.13. The minimum absolute atomic E-state index is 0.221. The predicted octanol–water partition coefficient (Wildman–Crippen LogP) is 1.40. The van der Waals surface area contributed by atoms with Crippen LogP contribution in [0.4, 0.5) is 0 Å². The molecular weight excluding hydrogens is 250 g/mol. The fourth-order valence-electron chi connectivity index (χ4n) is 0.798. The Labute approximate surface area is 90.4 Å². The van der Waals surface area contributed by atoms with Crippen LogP contribution in [-0.4, -0.2) is 29.5 Å². The molecule has 0 saturated heterocycles. The van der Waals surface area contributed by atoms with Crippen LogP contribution in [0.5, 0.6) is 5.75 Å². The molecule has 76 valence electrons. The van der Waals surface area contributed by atoms with Gasteiger partial charge < -0.3 is 9.47 Å². The minimum Gasteiger partial charge on any atom is -0.490 e. The van der Waals surface area contributed by atoms with Gasteiger partial charge in [0.1, 0.15) is 17.2 Å². The number of esters is 1. The summed E-state index contributed by atoms with van der Waals surface area (Å²) in [6.45, 7) is 0.221. The molecule has 0 amide bonds. The lowest BCUT2D eigenvalue weighted by atomic mass is 10.4. The molecule has 0 N–H and O–H groups in total. The summed E-state index contributed by atoms with van der Waals surface area (Å²) in [7, 11) is 1.33. The Bertz CT molecular complexity index is 291. The zero-order valence-electron chi connectivity index (χ0n) is 7.64. The van der Waals surface area contributed by atoms with E-state index in [0.29, 0.717) is 5.75 Å². The summed E-state index contributed by atoms with van der Waals surface area (Å²) in [6.07, 6.45) is 3.23. The number of hydrogen-bond donors (Lipinski definition) is 0. The topological polar surface area (TPSA) is 48.4 Å².